The summed E-state index contributed by atoms with van der Waals surface area (Å²) < 4.78 is 10.3. The highest BCUT2D eigenvalue weighted by Gasteiger charge is 2.25. The molecule has 0 fully saturated rings. The first-order chi connectivity index (χ1) is 13.3. The molecule has 0 radical (unpaired) electrons. The van der Waals surface area contributed by atoms with Gasteiger partial charge in [0.25, 0.3) is 5.69 Å². The zero-order valence-corrected chi connectivity index (χ0v) is 15.1. The maximum Gasteiger partial charge on any atom is 0.363 e. The van der Waals surface area contributed by atoms with Crippen molar-refractivity contribution in [3.8, 4) is 5.75 Å². The topological polar surface area (TPSA) is 108 Å². The number of ether oxygens (including phenoxy) is 2. The average Bonchev–Trinajstić information content (AvgIpc) is 3.04. The summed E-state index contributed by atoms with van der Waals surface area (Å²) in [6.07, 6.45) is 1.51. The summed E-state index contributed by atoms with van der Waals surface area (Å²) in [7, 11) is 0. The molecule has 28 heavy (non-hydrogen) atoms. The second kappa shape index (κ2) is 7.83. The summed E-state index contributed by atoms with van der Waals surface area (Å²) in [5, 5.41) is 10.9. The van der Waals surface area contributed by atoms with Crippen LogP contribution < -0.4 is 4.74 Å². The molecule has 0 atom stereocenters. The van der Waals surface area contributed by atoms with Crippen molar-refractivity contribution in [2.75, 3.05) is 0 Å². The molecular weight excluding hydrogens is 364 g/mol. The number of benzene rings is 2. The minimum absolute atomic E-state index is 0.00225. The molecule has 0 aliphatic carbocycles. The zero-order chi connectivity index (χ0) is 20.3. The molecule has 1 aliphatic rings. The minimum Gasteiger partial charge on any atom is -0.426 e. The first-order valence-electron chi connectivity index (χ1n) is 8.42. The molecule has 2 aromatic rings. The Labute approximate surface area is 160 Å². The van der Waals surface area contributed by atoms with E-state index in [2.05, 4.69) is 4.99 Å². The van der Waals surface area contributed by atoms with Crippen molar-refractivity contribution < 1.29 is 24.0 Å². The van der Waals surface area contributed by atoms with E-state index in [-0.39, 0.29) is 29.2 Å². The lowest BCUT2D eigenvalue weighted by molar-refractivity contribution is -0.384. The van der Waals surface area contributed by atoms with Crippen LogP contribution in [0.1, 0.15) is 25.0 Å². The number of aliphatic imine (C=N–C) groups is 1. The molecule has 0 amide bonds. The van der Waals surface area contributed by atoms with Gasteiger partial charge in [0.2, 0.25) is 5.90 Å². The SMILES string of the molecule is CC(C)C(=O)Oc1ccc(/C=C2\N=C(c3cccc([N+](=O)[O-])c3)OC2=O)cc1. The molecule has 0 unspecified atom stereocenters. The number of nitro benzene ring substituents is 1. The average molecular weight is 380 g/mol. The van der Waals surface area contributed by atoms with Gasteiger partial charge in [-0.25, -0.2) is 9.79 Å². The second-order valence-electron chi connectivity index (χ2n) is 6.29. The van der Waals surface area contributed by atoms with Gasteiger partial charge in [0.15, 0.2) is 5.70 Å². The maximum absolute atomic E-state index is 12.1. The minimum atomic E-state index is -0.656. The predicted molar refractivity (Wildman–Crippen MR) is 101 cm³/mol. The van der Waals surface area contributed by atoms with Crippen LogP contribution in [0.2, 0.25) is 0 Å². The third kappa shape index (κ3) is 4.29. The van der Waals surface area contributed by atoms with Gasteiger partial charge in [0, 0.05) is 17.7 Å². The van der Waals surface area contributed by atoms with Crippen LogP contribution in [-0.2, 0) is 14.3 Å². The predicted octanol–water partition coefficient (Wildman–Crippen LogP) is 3.50. The van der Waals surface area contributed by atoms with Gasteiger partial charge in [-0.3, -0.25) is 14.9 Å². The van der Waals surface area contributed by atoms with Gasteiger partial charge in [0.05, 0.1) is 10.8 Å². The normalized spacial score (nSPS) is 14.8. The van der Waals surface area contributed by atoms with Gasteiger partial charge >= 0.3 is 11.9 Å². The second-order valence-corrected chi connectivity index (χ2v) is 6.29. The molecule has 2 aromatic carbocycles. The van der Waals surface area contributed by atoms with Crippen molar-refractivity contribution >= 4 is 29.6 Å². The Kier molecular flexibility index (Phi) is 5.30. The van der Waals surface area contributed by atoms with E-state index in [9.17, 15) is 19.7 Å². The van der Waals surface area contributed by atoms with Crippen molar-refractivity contribution in [3.05, 3.63) is 75.5 Å². The van der Waals surface area contributed by atoms with E-state index in [0.717, 1.165) is 0 Å². The van der Waals surface area contributed by atoms with Gasteiger partial charge in [-0.05, 0) is 29.8 Å². The molecule has 0 spiro atoms. The van der Waals surface area contributed by atoms with Crippen molar-refractivity contribution in [2.24, 2.45) is 10.9 Å². The lowest BCUT2D eigenvalue weighted by atomic mass is 10.2. The molecule has 8 nitrogen and oxygen atoms in total. The number of hydrogen-bond donors (Lipinski definition) is 0. The molecular formula is C20H16N2O6. The highest BCUT2D eigenvalue weighted by Crippen LogP contribution is 2.22. The molecule has 0 aromatic heterocycles. The summed E-state index contributed by atoms with van der Waals surface area (Å²) in [6.45, 7) is 3.48. The zero-order valence-electron chi connectivity index (χ0n) is 15.1. The third-order valence-corrected chi connectivity index (χ3v) is 3.80. The van der Waals surface area contributed by atoms with E-state index in [1.165, 1.54) is 24.3 Å². The summed E-state index contributed by atoms with van der Waals surface area (Å²) in [5.41, 5.74) is 0.927. The van der Waals surface area contributed by atoms with Crippen molar-refractivity contribution in [1.82, 2.24) is 0 Å². The summed E-state index contributed by atoms with van der Waals surface area (Å²) in [5.74, 6) is -0.830. The maximum atomic E-state index is 12.1. The Bertz CT molecular complexity index is 1010. The highest BCUT2D eigenvalue weighted by atomic mass is 16.6. The molecule has 1 heterocycles. The smallest absolute Gasteiger partial charge is 0.363 e. The largest absolute Gasteiger partial charge is 0.426 e. The highest BCUT2D eigenvalue weighted by molar-refractivity contribution is 6.13. The van der Waals surface area contributed by atoms with Crippen LogP contribution in [0.25, 0.3) is 6.08 Å². The lowest BCUT2D eigenvalue weighted by Crippen LogP contribution is -2.14. The molecule has 1 aliphatic heterocycles. The molecule has 0 bridgehead atoms. The van der Waals surface area contributed by atoms with Crippen LogP contribution >= 0.6 is 0 Å². The molecule has 3 rings (SSSR count). The summed E-state index contributed by atoms with van der Waals surface area (Å²) >= 11 is 0. The molecule has 0 saturated heterocycles. The van der Waals surface area contributed by atoms with Crippen LogP contribution in [0.3, 0.4) is 0 Å². The summed E-state index contributed by atoms with van der Waals surface area (Å²) in [6, 6.07) is 12.2. The first kappa shape index (κ1) is 19.0. The Morgan fingerprint density at radius 3 is 2.57 bits per heavy atom. The van der Waals surface area contributed by atoms with Gasteiger partial charge in [-0.1, -0.05) is 32.0 Å². The standard InChI is InChI=1S/C20H16N2O6/c1-12(2)19(23)27-16-8-6-13(7-9-16)10-17-20(24)28-18(21-17)14-4-3-5-15(11-14)22(25)26/h3-12H,1-2H3/b17-10-. The number of carbonyl (C=O) groups is 2. The Hall–Kier alpha value is -3.81. The van der Waals surface area contributed by atoms with Gasteiger partial charge in [0.1, 0.15) is 5.75 Å². The monoisotopic (exact) mass is 380 g/mol. The van der Waals surface area contributed by atoms with E-state index in [4.69, 9.17) is 9.47 Å². The van der Waals surface area contributed by atoms with Crippen molar-refractivity contribution in [3.63, 3.8) is 0 Å². The van der Waals surface area contributed by atoms with E-state index in [1.54, 1.807) is 44.2 Å². The fourth-order valence-electron chi connectivity index (χ4n) is 2.31. The third-order valence-electron chi connectivity index (χ3n) is 3.80. The van der Waals surface area contributed by atoms with Gasteiger partial charge in [-0.2, -0.15) is 0 Å². The van der Waals surface area contributed by atoms with Crippen LogP contribution in [0.4, 0.5) is 5.69 Å². The van der Waals surface area contributed by atoms with E-state index >= 15 is 0 Å². The Morgan fingerprint density at radius 2 is 1.93 bits per heavy atom. The van der Waals surface area contributed by atoms with Gasteiger partial charge in [-0.15, -0.1) is 0 Å². The Morgan fingerprint density at radius 1 is 1.21 bits per heavy atom. The number of non-ortho nitro benzene ring substituents is 1. The number of cyclic esters (lactones) is 1. The number of hydrogen-bond acceptors (Lipinski definition) is 7. The fourth-order valence-corrected chi connectivity index (χ4v) is 2.31. The van der Waals surface area contributed by atoms with Crippen molar-refractivity contribution in [1.29, 1.82) is 0 Å². The summed E-state index contributed by atoms with van der Waals surface area (Å²) in [4.78, 5) is 38.1. The number of carbonyl (C=O) groups excluding carboxylic acids is 2. The van der Waals surface area contributed by atoms with Crippen LogP contribution in [0, 0.1) is 16.0 Å². The fraction of sp³-hybridized carbons (Fsp3) is 0.150. The van der Waals surface area contributed by atoms with Crippen LogP contribution in [0.5, 0.6) is 5.75 Å². The quantitative estimate of drug-likeness (QED) is 0.258. The van der Waals surface area contributed by atoms with E-state index in [1.807, 2.05) is 0 Å². The van der Waals surface area contributed by atoms with Gasteiger partial charge < -0.3 is 9.47 Å². The number of nitrogens with zero attached hydrogens (tertiary/aromatic N) is 2. The van der Waals surface area contributed by atoms with Crippen molar-refractivity contribution in [2.45, 2.75) is 13.8 Å². The molecule has 0 N–H and O–H groups in total. The van der Waals surface area contributed by atoms with Crippen LogP contribution in [0.15, 0.2) is 59.2 Å². The lowest BCUT2D eigenvalue weighted by Gasteiger charge is -2.06. The molecule has 8 heteroatoms. The molecule has 142 valence electrons. The number of esters is 2. The van der Waals surface area contributed by atoms with Crippen LogP contribution in [-0.4, -0.2) is 22.8 Å². The molecule has 0 saturated carbocycles. The first-order valence-corrected chi connectivity index (χ1v) is 8.42. The number of nitro groups is 1. The van der Waals surface area contributed by atoms with E-state index in [0.29, 0.717) is 16.9 Å². The van der Waals surface area contributed by atoms with E-state index < -0.39 is 10.9 Å². The Balaban J connectivity index is 1.80. The number of rotatable bonds is 5.